The molecule has 0 saturated heterocycles. The first kappa shape index (κ1) is 6.91. The van der Waals surface area contributed by atoms with Crippen molar-refractivity contribution in [3.05, 3.63) is 36.4 Å². The highest BCUT2D eigenvalue weighted by Crippen LogP contribution is 2.23. The van der Waals surface area contributed by atoms with E-state index in [1.807, 2.05) is 24.3 Å². The van der Waals surface area contributed by atoms with Crippen LogP contribution in [-0.4, -0.2) is 6.03 Å². The Balaban J connectivity index is 2.54. The van der Waals surface area contributed by atoms with Crippen LogP contribution < -0.4 is 10.6 Å². The number of anilines is 1. The number of fused-ring (bicyclic) bond motifs is 1. The van der Waals surface area contributed by atoms with Gasteiger partial charge in [0.1, 0.15) is 0 Å². The summed E-state index contributed by atoms with van der Waals surface area (Å²) >= 11 is 0. The lowest BCUT2D eigenvalue weighted by molar-refractivity contribution is 0.255. The van der Waals surface area contributed by atoms with Crippen molar-refractivity contribution in [2.45, 2.75) is 0 Å². The van der Waals surface area contributed by atoms with Crippen molar-refractivity contribution < 1.29 is 4.79 Å². The highest BCUT2D eigenvalue weighted by molar-refractivity contribution is 6.02. The molecule has 3 heteroatoms. The zero-order chi connectivity index (χ0) is 8.55. The van der Waals surface area contributed by atoms with Crippen LogP contribution in [0.2, 0.25) is 0 Å². The van der Waals surface area contributed by atoms with Gasteiger partial charge >= 0.3 is 6.03 Å². The van der Waals surface area contributed by atoms with Gasteiger partial charge in [0, 0.05) is 11.3 Å². The third kappa shape index (κ3) is 0.955. The van der Waals surface area contributed by atoms with Crippen molar-refractivity contribution in [1.29, 1.82) is 0 Å². The number of amides is 2. The molecule has 0 aliphatic carbocycles. The fourth-order valence-corrected chi connectivity index (χ4v) is 1.21. The van der Waals surface area contributed by atoms with Gasteiger partial charge in [-0.25, -0.2) is 4.79 Å². The van der Waals surface area contributed by atoms with Crippen LogP contribution in [0.25, 0.3) is 5.70 Å². The molecule has 0 spiro atoms. The van der Waals surface area contributed by atoms with Crippen molar-refractivity contribution in [2.75, 3.05) is 5.32 Å². The number of para-hydroxylation sites is 1. The summed E-state index contributed by atoms with van der Waals surface area (Å²) in [7, 11) is 0. The lowest BCUT2D eigenvalue weighted by atomic mass is 10.1. The number of hydrogen-bond acceptors (Lipinski definition) is 1. The second kappa shape index (κ2) is 2.37. The lowest BCUT2D eigenvalue weighted by Crippen LogP contribution is -2.31. The highest BCUT2D eigenvalue weighted by Gasteiger charge is 2.15. The zero-order valence-electron chi connectivity index (χ0n) is 6.42. The summed E-state index contributed by atoms with van der Waals surface area (Å²) in [6.07, 6.45) is 0. The monoisotopic (exact) mass is 160 g/mol. The Hall–Kier alpha value is -1.77. The Bertz CT molecular complexity index is 357. The van der Waals surface area contributed by atoms with Crippen molar-refractivity contribution in [3.63, 3.8) is 0 Å². The first-order valence-corrected chi connectivity index (χ1v) is 3.64. The smallest absolute Gasteiger partial charge is 0.308 e. The molecule has 12 heavy (non-hydrogen) atoms. The summed E-state index contributed by atoms with van der Waals surface area (Å²) in [4.78, 5) is 11.0. The minimum atomic E-state index is -0.223. The fourth-order valence-electron chi connectivity index (χ4n) is 1.21. The van der Waals surface area contributed by atoms with Gasteiger partial charge < -0.3 is 10.6 Å². The maximum absolute atomic E-state index is 11.0. The summed E-state index contributed by atoms with van der Waals surface area (Å²) in [5, 5.41) is 5.27. The minimum absolute atomic E-state index is 0.223. The van der Waals surface area contributed by atoms with Crippen LogP contribution in [0.15, 0.2) is 30.8 Å². The second-order valence-corrected chi connectivity index (χ2v) is 2.60. The standard InChI is InChI=1S/C9H8N2O/c1-6-7-4-2-3-5-8(7)11-9(12)10-6/h2-5H,1H2,(H2,10,11,12). The van der Waals surface area contributed by atoms with Gasteiger partial charge in [0.15, 0.2) is 0 Å². The van der Waals surface area contributed by atoms with Crippen molar-refractivity contribution in [2.24, 2.45) is 0 Å². The molecule has 0 bridgehead atoms. The van der Waals surface area contributed by atoms with E-state index < -0.39 is 0 Å². The number of rotatable bonds is 0. The largest absolute Gasteiger partial charge is 0.323 e. The molecule has 1 aromatic rings. The van der Waals surface area contributed by atoms with Crippen LogP contribution in [0.4, 0.5) is 10.5 Å². The molecule has 0 atom stereocenters. The van der Waals surface area contributed by atoms with E-state index in [9.17, 15) is 4.79 Å². The van der Waals surface area contributed by atoms with Gasteiger partial charge in [0.2, 0.25) is 0 Å². The van der Waals surface area contributed by atoms with Crippen LogP contribution in [0, 0.1) is 0 Å². The maximum atomic E-state index is 11.0. The number of hydrogen-bond donors (Lipinski definition) is 2. The summed E-state index contributed by atoms with van der Waals surface area (Å²) in [6, 6.07) is 7.31. The quantitative estimate of drug-likeness (QED) is 0.596. The minimum Gasteiger partial charge on any atom is -0.308 e. The molecular weight excluding hydrogens is 152 g/mol. The van der Waals surface area contributed by atoms with E-state index in [1.165, 1.54) is 0 Å². The van der Waals surface area contributed by atoms with Crippen molar-refractivity contribution >= 4 is 17.4 Å². The molecule has 1 heterocycles. The molecule has 0 unspecified atom stereocenters. The summed E-state index contributed by atoms with van der Waals surface area (Å²) < 4.78 is 0. The van der Waals surface area contributed by atoms with E-state index in [-0.39, 0.29) is 6.03 Å². The fraction of sp³-hybridized carbons (Fsp3) is 0. The van der Waals surface area contributed by atoms with E-state index in [2.05, 4.69) is 17.2 Å². The summed E-state index contributed by atoms with van der Waals surface area (Å²) in [5.41, 5.74) is 2.40. The Labute approximate surface area is 70.1 Å². The van der Waals surface area contributed by atoms with Gasteiger partial charge in [-0.2, -0.15) is 0 Å². The van der Waals surface area contributed by atoms with Crippen molar-refractivity contribution in [1.82, 2.24) is 5.32 Å². The molecule has 2 N–H and O–H groups in total. The van der Waals surface area contributed by atoms with E-state index in [0.717, 1.165) is 11.3 Å². The van der Waals surface area contributed by atoms with Gasteiger partial charge in [0.25, 0.3) is 0 Å². The SMILES string of the molecule is C=C1NC(=O)Nc2ccccc21. The molecular formula is C9H8N2O. The molecule has 60 valence electrons. The average Bonchev–Trinajstić information content (AvgIpc) is 2.04. The second-order valence-electron chi connectivity index (χ2n) is 2.60. The topological polar surface area (TPSA) is 41.1 Å². The summed E-state index contributed by atoms with van der Waals surface area (Å²) in [5.74, 6) is 0. The molecule has 0 fully saturated rings. The highest BCUT2D eigenvalue weighted by atomic mass is 16.2. The first-order chi connectivity index (χ1) is 5.77. The summed E-state index contributed by atoms with van der Waals surface area (Å²) in [6.45, 7) is 3.73. The van der Waals surface area contributed by atoms with Crippen LogP contribution in [0.1, 0.15) is 5.56 Å². The Morgan fingerprint density at radius 3 is 2.75 bits per heavy atom. The molecule has 2 amide bonds. The third-order valence-corrected chi connectivity index (χ3v) is 1.76. The molecule has 1 aromatic carbocycles. The molecule has 3 nitrogen and oxygen atoms in total. The number of carbonyl (C=O) groups excluding carboxylic acids is 1. The lowest BCUT2D eigenvalue weighted by Gasteiger charge is -2.19. The van der Waals surface area contributed by atoms with Crippen LogP contribution >= 0.6 is 0 Å². The van der Waals surface area contributed by atoms with Gasteiger partial charge in [-0.3, -0.25) is 0 Å². The van der Waals surface area contributed by atoms with Crippen LogP contribution in [-0.2, 0) is 0 Å². The molecule has 0 radical (unpaired) electrons. The Kier molecular flexibility index (Phi) is 1.37. The van der Waals surface area contributed by atoms with Crippen LogP contribution in [0.3, 0.4) is 0 Å². The molecule has 1 aliphatic rings. The molecule has 2 rings (SSSR count). The van der Waals surface area contributed by atoms with Gasteiger partial charge in [-0.15, -0.1) is 0 Å². The van der Waals surface area contributed by atoms with E-state index >= 15 is 0 Å². The maximum Gasteiger partial charge on any atom is 0.323 e. The Morgan fingerprint density at radius 1 is 1.17 bits per heavy atom. The van der Waals surface area contributed by atoms with Gasteiger partial charge in [0.05, 0.1) is 5.69 Å². The molecule has 0 saturated carbocycles. The first-order valence-electron chi connectivity index (χ1n) is 3.64. The average molecular weight is 160 g/mol. The molecule has 0 aromatic heterocycles. The van der Waals surface area contributed by atoms with E-state index in [0.29, 0.717) is 5.70 Å². The Morgan fingerprint density at radius 2 is 1.92 bits per heavy atom. The van der Waals surface area contributed by atoms with E-state index in [4.69, 9.17) is 0 Å². The number of carbonyl (C=O) groups is 1. The predicted octanol–water partition coefficient (Wildman–Crippen LogP) is 1.79. The van der Waals surface area contributed by atoms with Crippen molar-refractivity contribution in [3.8, 4) is 0 Å². The molecule has 1 aliphatic heterocycles. The van der Waals surface area contributed by atoms with Crippen LogP contribution in [0.5, 0.6) is 0 Å². The zero-order valence-corrected chi connectivity index (χ0v) is 6.42. The van der Waals surface area contributed by atoms with Gasteiger partial charge in [-0.1, -0.05) is 24.8 Å². The predicted molar refractivity (Wildman–Crippen MR) is 47.6 cm³/mol. The van der Waals surface area contributed by atoms with E-state index in [1.54, 1.807) is 0 Å². The normalized spacial score (nSPS) is 14.7. The number of urea groups is 1. The van der Waals surface area contributed by atoms with Gasteiger partial charge in [-0.05, 0) is 6.07 Å². The number of nitrogens with one attached hydrogen (secondary N) is 2. The number of benzene rings is 1. The third-order valence-electron chi connectivity index (χ3n) is 1.76.